The van der Waals surface area contributed by atoms with Crippen LogP contribution in [-0.4, -0.2) is 64.7 Å². The van der Waals surface area contributed by atoms with Crippen molar-refractivity contribution in [3.8, 4) is 0 Å². The summed E-state index contributed by atoms with van der Waals surface area (Å²) in [5.41, 5.74) is 0. The SMILES string of the molecule is CCCCCCCCCCCCCCCCCC[N+](C)(C)CCC[Si](C)(OCC)OCCCCCC(O)CC. The van der Waals surface area contributed by atoms with E-state index in [9.17, 15) is 5.11 Å². The van der Waals surface area contributed by atoms with Crippen LogP contribution < -0.4 is 0 Å². The Morgan fingerprint density at radius 3 is 1.54 bits per heavy atom. The minimum absolute atomic E-state index is 0.130. The van der Waals surface area contributed by atoms with E-state index in [0.717, 1.165) is 55.8 Å². The van der Waals surface area contributed by atoms with Crippen LogP contribution in [0.4, 0.5) is 0 Å². The molecule has 0 bridgehead atoms. The average molecular weight is 573 g/mol. The molecule has 0 fully saturated rings. The van der Waals surface area contributed by atoms with Gasteiger partial charge in [0.05, 0.1) is 33.3 Å². The van der Waals surface area contributed by atoms with E-state index >= 15 is 0 Å². The molecule has 0 aromatic carbocycles. The van der Waals surface area contributed by atoms with Gasteiger partial charge in [-0.2, -0.15) is 0 Å². The van der Waals surface area contributed by atoms with Crippen molar-refractivity contribution < 1.29 is 18.4 Å². The fourth-order valence-electron chi connectivity index (χ4n) is 5.67. The molecule has 0 aromatic rings. The maximum atomic E-state index is 9.70. The van der Waals surface area contributed by atoms with Crippen LogP contribution in [0.25, 0.3) is 0 Å². The van der Waals surface area contributed by atoms with Gasteiger partial charge in [-0.1, -0.05) is 117 Å². The molecule has 1 N–H and O–H groups in total. The normalized spacial score (nSPS) is 14.5. The second-order valence-electron chi connectivity index (χ2n) is 13.1. The first-order valence-electron chi connectivity index (χ1n) is 17.6. The largest absolute Gasteiger partial charge is 0.395 e. The Hall–Kier alpha value is 0.0569. The highest BCUT2D eigenvalue weighted by molar-refractivity contribution is 6.66. The summed E-state index contributed by atoms with van der Waals surface area (Å²) in [7, 11) is 2.72. The minimum atomic E-state index is -2.07. The molecular formula is C34H74NO3Si+. The van der Waals surface area contributed by atoms with Crippen molar-refractivity contribution in [2.75, 3.05) is 40.4 Å². The maximum Gasteiger partial charge on any atom is 0.335 e. The average Bonchev–Trinajstić information content (AvgIpc) is 2.90. The number of quaternary nitrogens is 1. The Balaban J connectivity index is 3.75. The molecule has 0 spiro atoms. The summed E-state index contributed by atoms with van der Waals surface area (Å²) >= 11 is 0. The zero-order valence-electron chi connectivity index (χ0n) is 27.9. The van der Waals surface area contributed by atoms with Crippen molar-refractivity contribution in [3.63, 3.8) is 0 Å². The second kappa shape index (κ2) is 26.9. The first-order valence-corrected chi connectivity index (χ1v) is 20.1. The number of hydrogen-bond donors (Lipinski definition) is 1. The highest BCUT2D eigenvalue weighted by Crippen LogP contribution is 2.19. The second-order valence-corrected chi connectivity index (χ2v) is 16.5. The molecule has 236 valence electrons. The van der Waals surface area contributed by atoms with Crippen molar-refractivity contribution in [2.24, 2.45) is 0 Å². The molecule has 2 unspecified atom stereocenters. The molecule has 0 aliphatic carbocycles. The summed E-state index contributed by atoms with van der Waals surface area (Å²) in [4.78, 5) is 0. The van der Waals surface area contributed by atoms with E-state index in [4.69, 9.17) is 8.85 Å². The smallest absolute Gasteiger partial charge is 0.335 e. The molecule has 2 atom stereocenters. The molecule has 0 aromatic heterocycles. The summed E-state index contributed by atoms with van der Waals surface area (Å²) in [5.74, 6) is 0. The van der Waals surface area contributed by atoms with Gasteiger partial charge in [0.15, 0.2) is 0 Å². The lowest BCUT2D eigenvalue weighted by Crippen LogP contribution is -2.44. The van der Waals surface area contributed by atoms with E-state index in [-0.39, 0.29) is 6.10 Å². The minimum Gasteiger partial charge on any atom is -0.395 e. The van der Waals surface area contributed by atoms with Gasteiger partial charge in [-0.15, -0.1) is 0 Å². The quantitative estimate of drug-likeness (QED) is 0.0510. The predicted octanol–water partition coefficient (Wildman–Crippen LogP) is 10.2. The number of hydrogen-bond acceptors (Lipinski definition) is 3. The lowest BCUT2D eigenvalue weighted by molar-refractivity contribution is -0.890. The van der Waals surface area contributed by atoms with Crippen LogP contribution in [0, 0.1) is 0 Å². The summed E-state index contributed by atoms with van der Waals surface area (Å²) < 4.78 is 13.6. The summed E-state index contributed by atoms with van der Waals surface area (Å²) in [6.07, 6.45) is 29.1. The Morgan fingerprint density at radius 1 is 0.590 bits per heavy atom. The topological polar surface area (TPSA) is 38.7 Å². The molecule has 39 heavy (non-hydrogen) atoms. The highest BCUT2D eigenvalue weighted by atomic mass is 28.4. The molecule has 0 aliphatic heterocycles. The fourth-order valence-corrected chi connectivity index (χ4v) is 8.03. The van der Waals surface area contributed by atoms with E-state index in [1.807, 2.05) is 6.92 Å². The van der Waals surface area contributed by atoms with Gasteiger partial charge < -0.3 is 18.4 Å². The molecule has 4 nitrogen and oxygen atoms in total. The molecule has 0 saturated heterocycles. The van der Waals surface area contributed by atoms with Crippen LogP contribution in [0.1, 0.15) is 162 Å². The van der Waals surface area contributed by atoms with Gasteiger partial charge in [0.1, 0.15) is 0 Å². The van der Waals surface area contributed by atoms with Crippen LogP contribution in [0.5, 0.6) is 0 Å². The Kier molecular flexibility index (Phi) is 27.0. The predicted molar refractivity (Wildman–Crippen MR) is 175 cm³/mol. The first kappa shape index (κ1) is 39.1. The third-order valence-corrected chi connectivity index (χ3v) is 11.5. The van der Waals surface area contributed by atoms with E-state index in [1.54, 1.807) is 0 Å². The van der Waals surface area contributed by atoms with Gasteiger partial charge in [0.2, 0.25) is 0 Å². The van der Waals surface area contributed by atoms with Gasteiger partial charge >= 0.3 is 8.56 Å². The monoisotopic (exact) mass is 573 g/mol. The first-order chi connectivity index (χ1) is 18.8. The molecule has 0 saturated carbocycles. The molecule has 0 radical (unpaired) electrons. The van der Waals surface area contributed by atoms with Crippen LogP contribution >= 0.6 is 0 Å². The van der Waals surface area contributed by atoms with Crippen molar-refractivity contribution >= 4 is 8.56 Å². The van der Waals surface area contributed by atoms with Gasteiger partial charge in [-0.3, -0.25) is 0 Å². The molecule has 0 heterocycles. The zero-order chi connectivity index (χ0) is 29.1. The van der Waals surface area contributed by atoms with E-state index in [1.165, 1.54) is 122 Å². The molecule has 0 rings (SSSR count). The lowest BCUT2D eigenvalue weighted by atomic mass is 10.0. The molecule has 0 aliphatic rings. The number of aliphatic hydroxyl groups excluding tert-OH is 1. The van der Waals surface area contributed by atoms with Crippen molar-refractivity contribution in [1.29, 1.82) is 0 Å². The summed E-state index contributed by atoms with van der Waals surface area (Å²) in [5, 5.41) is 9.70. The van der Waals surface area contributed by atoms with Crippen LogP contribution in [0.15, 0.2) is 0 Å². The lowest BCUT2D eigenvalue weighted by Gasteiger charge is -2.32. The summed E-state index contributed by atoms with van der Waals surface area (Å²) in [6, 6.07) is 1.09. The van der Waals surface area contributed by atoms with Gasteiger partial charge in [-0.05, 0) is 58.0 Å². The van der Waals surface area contributed by atoms with Gasteiger partial charge in [-0.25, -0.2) is 0 Å². The van der Waals surface area contributed by atoms with E-state index in [2.05, 4.69) is 34.5 Å². The molecule has 5 heteroatoms. The van der Waals surface area contributed by atoms with Crippen LogP contribution in [0.2, 0.25) is 12.6 Å². The Labute approximate surface area is 247 Å². The third kappa shape index (κ3) is 26.7. The van der Waals surface area contributed by atoms with Gasteiger partial charge in [0.25, 0.3) is 0 Å². The van der Waals surface area contributed by atoms with Crippen LogP contribution in [-0.2, 0) is 8.85 Å². The summed E-state index contributed by atoms with van der Waals surface area (Å²) in [6.45, 7) is 12.8. The van der Waals surface area contributed by atoms with Crippen molar-refractivity contribution in [2.45, 2.75) is 181 Å². The van der Waals surface area contributed by atoms with E-state index < -0.39 is 8.56 Å². The number of unbranched alkanes of at least 4 members (excludes halogenated alkanes) is 17. The maximum absolute atomic E-state index is 9.70. The van der Waals surface area contributed by atoms with Crippen molar-refractivity contribution in [1.82, 2.24) is 0 Å². The number of rotatable bonds is 31. The molecule has 0 amide bonds. The number of nitrogens with zero attached hydrogens (tertiary/aromatic N) is 1. The van der Waals surface area contributed by atoms with Crippen molar-refractivity contribution in [3.05, 3.63) is 0 Å². The zero-order valence-corrected chi connectivity index (χ0v) is 28.9. The highest BCUT2D eigenvalue weighted by Gasteiger charge is 2.31. The Morgan fingerprint density at radius 2 is 1.05 bits per heavy atom. The molecular weight excluding hydrogens is 498 g/mol. The Bertz CT molecular complexity index is 505. The standard InChI is InChI=1S/C34H74NO3Si/c1-7-10-11-12-13-14-15-16-17-18-19-20-21-22-23-26-30-35(4,5)31-28-33-39(6,37-9-3)38-32-27-24-25-29-34(36)8-2/h34,36H,7-33H2,1-6H3/q+1. The third-order valence-electron chi connectivity index (χ3n) is 8.52. The van der Waals surface area contributed by atoms with E-state index in [0.29, 0.717) is 0 Å². The van der Waals surface area contributed by atoms with Crippen LogP contribution in [0.3, 0.4) is 0 Å². The number of aliphatic hydroxyl groups is 1. The fraction of sp³-hybridized carbons (Fsp3) is 1.00. The van der Waals surface area contributed by atoms with Gasteiger partial charge in [0, 0.05) is 13.2 Å².